The van der Waals surface area contributed by atoms with E-state index in [9.17, 15) is 9.90 Å². The Morgan fingerprint density at radius 1 is 1.11 bits per heavy atom. The van der Waals surface area contributed by atoms with Crippen LogP contribution in [0.4, 0.5) is 5.69 Å². The molecular weight excluding hydrogens is 336 g/mol. The number of aliphatic hydroxyl groups is 1. The van der Waals surface area contributed by atoms with Gasteiger partial charge in [-0.25, -0.2) is 0 Å². The lowest BCUT2D eigenvalue weighted by molar-refractivity contribution is -0.112. The standard InChI is InChI=1S/C23H26N2O2/c1-23(27,25-21-15-9-4-10-16-21)19-12-6-2-5-11-18(17-19)22(26)24-20-13-7-3-8-14-20/h2-3,5,7-9,11,13-17,25,27H,4,6,10,12H2,1H3,(H,24,26)/b5-2-,18-11+,19-17+. The third-order valence-corrected chi connectivity index (χ3v) is 4.62. The van der Waals surface area contributed by atoms with E-state index >= 15 is 0 Å². The number of amides is 1. The zero-order valence-corrected chi connectivity index (χ0v) is 15.6. The van der Waals surface area contributed by atoms with Gasteiger partial charge in [0.1, 0.15) is 0 Å². The molecule has 2 aliphatic rings. The molecule has 0 saturated carbocycles. The van der Waals surface area contributed by atoms with Gasteiger partial charge in [-0.1, -0.05) is 42.5 Å². The predicted molar refractivity (Wildman–Crippen MR) is 110 cm³/mol. The summed E-state index contributed by atoms with van der Waals surface area (Å²) in [4.78, 5) is 12.7. The van der Waals surface area contributed by atoms with Gasteiger partial charge in [-0.2, -0.15) is 0 Å². The lowest BCUT2D eigenvalue weighted by Gasteiger charge is -2.31. The largest absolute Gasteiger partial charge is 0.367 e. The summed E-state index contributed by atoms with van der Waals surface area (Å²) in [6.07, 6.45) is 17.1. The quantitative estimate of drug-likeness (QED) is 0.682. The van der Waals surface area contributed by atoms with Crippen LogP contribution in [0.1, 0.15) is 32.6 Å². The third-order valence-electron chi connectivity index (χ3n) is 4.62. The second kappa shape index (κ2) is 8.69. The molecule has 1 aromatic carbocycles. The normalized spacial score (nSPS) is 24.0. The molecule has 0 radical (unpaired) electrons. The first-order valence-corrected chi connectivity index (χ1v) is 9.36. The van der Waals surface area contributed by atoms with Crippen LogP contribution >= 0.6 is 0 Å². The van der Waals surface area contributed by atoms with Crippen LogP contribution in [0.2, 0.25) is 0 Å². The minimum atomic E-state index is -1.23. The molecule has 0 aliphatic heterocycles. The van der Waals surface area contributed by atoms with Gasteiger partial charge in [-0.05, 0) is 68.5 Å². The van der Waals surface area contributed by atoms with Crippen LogP contribution in [0.25, 0.3) is 0 Å². The second-order valence-electron chi connectivity index (χ2n) is 6.91. The summed E-state index contributed by atoms with van der Waals surface area (Å²) in [6.45, 7) is 1.74. The van der Waals surface area contributed by atoms with Crippen molar-refractivity contribution >= 4 is 11.6 Å². The van der Waals surface area contributed by atoms with Gasteiger partial charge in [-0.3, -0.25) is 4.79 Å². The number of benzene rings is 1. The van der Waals surface area contributed by atoms with Gasteiger partial charge in [0, 0.05) is 17.0 Å². The maximum absolute atomic E-state index is 12.7. The zero-order chi connectivity index (χ0) is 19.1. The van der Waals surface area contributed by atoms with Gasteiger partial charge in [-0.15, -0.1) is 0 Å². The van der Waals surface area contributed by atoms with E-state index in [0.717, 1.165) is 36.2 Å². The van der Waals surface area contributed by atoms with E-state index in [4.69, 9.17) is 0 Å². The highest BCUT2D eigenvalue weighted by molar-refractivity contribution is 6.06. The fraction of sp³-hybridized carbons (Fsp3) is 0.261. The van der Waals surface area contributed by atoms with Crippen molar-refractivity contribution in [2.75, 3.05) is 5.32 Å². The molecule has 1 unspecified atom stereocenters. The Morgan fingerprint density at radius 2 is 1.93 bits per heavy atom. The molecule has 0 heterocycles. The molecule has 27 heavy (non-hydrogen) atoms. The highest BCUT2D eigenvalue weighted by atomic mass is 16.3. The Balaban J connectivity index is 1.81. The predicted octanol–water partition coefficient (Wildman–Crippen LogP) is 4.36. The van der Waals surface area contributed by atoms with Crippen LogP contribution < -0.4 is 10.6 Å². The number of hydrogen-bond donors (Lipinski definition) is 3. The molecular formula is C23H26N2O2. The Kier molecular flexibility index (Phi) is 6.09. The molecule has 1 atom stereocenters. The van der Waals surface area contributed by atoms with Crippen molar-refractivity contribution in [3.63, 3.8) is 0 Å². The molecule has 0 spiro atoms. The van der Waals surface area contributed by atoms with Gasteiger partial charge in [0.2, 0.25) is 0 Å². The van der Waals surface area contributed by atoms with Crippen molar-refractivity contribution < 1.29 is 9.90 Å². The summed E-state index contributed by atoms with van der Waals surface area (Å²) < 4.78 is 0. The summed E-state index contributed by atoms with van der Waals surface area (Å²) in [6, 6.07) is 9.36. The molecule has 3 N–H and O–H groups in total. The Labute approximate surface area is 160 Å². The maximum Gasteiger partial charge on any atom is 0.255 e. The minimum absolute atomic E-state index is 0.196. The molecule has 1 amide bonds. The molecule has 3 rings (SSSR count). The first-order chi connectivity index (χ1) is 13.0. The second-order valence-corrected chi connectivity index (χ2v) is 6.91. The number of para-hydroxylation sites is 1. The molecule has 0 bridgehead atoms. The first-order valence-electron chi connectivity index (χ1n) is 9.36. The monoisotopic (exact) mass is 362 g/mol. The Bertz CT molecular complexity index is 827. The van der Waals surface area contributed by atoms with E-state index in [1.165, 1.54) is 0 Å². The highest BCUT2D eigenvalue weighted by Gasteiger charge is 2.27. The zero-order valence-electron chi connectivity index (χ0n) is 15.6. The summed E-state index contributed by atoms with van der Waals surface area (Å²) in [5, 5.41) is 17.2. The molecule has 2 aliphatic carbocycles. The fourth-order valence-corrected chi connectivity index (χ4v) is 3.13. The lowest BCUT2D eigenvalue weighted by atomic mass is 9.94. The van der Waals surface area contributed by atoms with Crippen LogP contribution in [-0.2, 0) is 4.79 Å². The van der Waals surface area contributed by atoms with Gasteiger partial charge in [0.15, 0.2) is 5.72 Å². The molecule has 1 aromatic rings. The highest BCUT2D eigenvalue weighted by Crippen LogP contribution is 2.25. The van der Waals surface area contributed by atoms with Crippen LogP contribution in [-0.4, -0.2) is 16.7 Å². The first kappa shape index (κ1) is 18.9. The van der Waals surface area contributed by atoms with Crippen molar-refractivity contribution in [3.8, 4) is 0 Å². The molecule has 4 nitrogen and oxygen atoms in total. The van der Waals surface area contributed by atoms with E-state index < -0.39 is 5.72 Å². The molecule has 140 valence electrons. The van der Waals surface area contributed by atoms with Crippen LogP contribution in [0, 0.1) is 0 Å². The van der Waals surface area contributed by atoms with Crippen LogP contribution in [0.5, 0.6) is 0 Å². The van der Waals surface area contributed by atoms with E-state index in [2.05, 4.69) is 22.8 Å². The third kappa shape index (κ3) is 5.31. The average molecular weight is 362 g/mol. The van der Waals surface area contributed by atoms with Crippen molar-refractivity contribution in [2.45, 2.75) is 38.3 Å². The van der Waals surface area contributed by atoms with Gasteiger partial charge >= 0.3 is 0 Å². The van der Waals surface area contributed by atoms with Crippen molar-refractivity contribution in [2.24, 2.45) is 0 Å². The van der Waals surface area contributed by atoms with Gasteiger partial charge in [0.25, 0.3) is 5.91 Å². The smallest absolute Gasteiger partial charge is 0.255 e. The number of nitrogens with one attached hydrogen (secondary N) is 2. The minimum Gasteiger partial charge on any atom is -0.367 e. The summed E-state index contributed by atoms with van der Waals surface area (Å²) in [5.41, 5.74) is 1.71. The fourth-order valence-electron chi connectivity index (χ4n) is 3.13. The average Bonchev–Trinajstić information content (AvgIpc) is 2.62. The van der Waals surface area contributed by atoms with E-state index in [0.29, 0.717) is 12.0 Å². The summed E-state index contributed by atoms with van der Waals surface area (Å²) in [7, 11) is 0. The van der Waals surface area contributed by atoms with E-state index in [-0.39, 0.29) is 5.91 Å². The van der Waals surface area contributed by atoms with E-state index in [1.807, 2.05) is 48.6 Å². The van der Waals surface area contributed by atoms with Crippen molar-refractivity contribution in [3.05, 3.63) is 89.7 Å². The van der Waals surface area contributed by atoms with Crippen molar-refractivity contribution in [1.82, 2.24) is 5.32 Å². The van der Waals surface area contributed by atoms with Crippen molar-refractivity contribution in [1.29, 1.82) is 0 Å². The number of rotatable bonds is 5. The number of anilines is 1. The maximum atomic E-state index is 12.7. The van der Waals surface area contributed by atoms with E-state index in [1.54, 1.807) is 19.1 Å². The summed E-state index contributed by atoms with van der Waals surface area (Å²) >= 11 is 0. The number of hydrogen-bond acceptors (Lipinski definition) is 3. The molecule has 4 heteroatoms. The molecule has 0 aromatic heterocycles. The van der Waals surface area contributed by atoms with Gasteiger partial charge < -0.3 is 15.7 Å². The van der Waals surface area contributed by atoms with Gasteiger partial charge in [0.05, 0.1) is 0 Å². The number of allylic oxidation sites excluding steroid dienone is 6. The Hall–Kier alpha value is -2.85. The van der Waals surface area contributed by atoms with Crippen LogP contribution in [0.3, 0.4) is 0 Å². The van der Waals surface area contributed by atoms with Crippen LogP contribution in [0.15, 0.2) is 89.7 Å². The topological polar surface area (TPSA) is 61.4 Å². The molecule has 0 fully saturated rings. The molecule has 0 saturated heterocycles. The SMILES string of the molecule is CC(O)(NC1=CCCC=C1)/C1=C/C(C(=O)Nc2ccccc2)=C\C=C/CC1. The number of carbonyl (C=O) groups is 1. The lowest BCUT2D eigenvalue weighted by Crippen LogP contribution is -2.43. The number of carbonyl (C=O) groups excluding carboxylic acids is 1. The Morgan fingerprint density at radius 3 is 2.67 bits per heavy atom. The summed E-state index contributed by atoms with van der Waals surface area (Å²) in [5.74, 6) is -0.196.